The van der Waals surface area contributed by atoms with Crippen LogP contribution >= 0.6 is 0 Å². The number of rotatable bonds is 2. The summed E-state index contributed by atoms with van der Waals surface area (Å²) in [6, 6.07) is -0.870. The Bertz CT molecular complexity index is 636. The third kappa shape index (κ3) is 2.38. The Balaban J connectivity index is 1.52. The second-order valence-corrected chi connectivity index (χ2v) is 6.89. The van der Waals surface area contributed by atoms with Crippen LogP contribution in [0.1, 0.15) is 55.0 Å². The van der Waals surface area contributed by atoms with E-state index in [1.165, 1.54) is 35.4 Å². The summed E-state index contributed by atoms with van der Waals surface area (Å²) in [7, 11) is 0. The minimum Gasteiger partial charge on any atom is -0.351 e. The van der Waals surface area contributed by atoms with Gasteiger partial charge in [-0.2, -0.15) is 5.10 Å². The first-order valence-corrected chi connectivity index (χ1v) is 8.56. The Hall–Kier alpha value is -2.05. The van der Waals surface area contributed by atoms with Gasteiger partial charge >= 0.3 is 6.03 Å². The Morgan fingerprint density at radius 2 is 2.00 bits per heavy atom. The number of urea groups is 1. The fourth-order valence-corrected chi connectivity index (χ4v) is 4.02. The molecule has 3 amide bonds. The molecule has 0 bridgehead atoms. The number of nitrogens with one attached hydrogen (secondary N) is 1. The zero-order valence-electron chi connectivity index (χ0n) is 13.3. The van der Waals surface area contributed by atoms with Gasteiger partial charge in [0.05, 0.1) is 5.69 Å². The normalized spacial score (nSPS) is 24.4. The third-order valence-corrected chi connectivity index (χ3v) is 5.59. The molecule has 3 N–H and O–H groups in total. The van der Waals surface area contributed by atoms with Crippen molar-refractivity contribution in [2.24, 2.45) is 5.73 Å². The summed E-state index contributed by atoms with van der Waals surface area (Å²) in [5, 5.41) is 7.67. The molecule has 1 aromatic heterocycles. The topological polar surface area (TPSA) is 95.3 Å². The molecule has 2 fully saturated rings. The molecule has 2 aliphatic heterocycles. The van der Waals surface area contributed by atoms with Crippen LogP contribution in [0.25, 0.3) is 0 Å². The van der Waals surface area contributed by atoms with Crippen molar-refractivity contribution in [3.8, 4) is 0 Å². The lowest BCUT2D eigenvalue weighted by Crippen LogP contribution is -2.50. The minimum absolute atomic E-state index is 0.0349. The van der Waals surface area contributed by atoms with Gasteiger partial charge < -0.3 is 15.5 Å². The first-order valence-electron chi connectivity index (χ1n) is 8.56. The number of likely N-dealkylation sites (tertiary alicyclic amines) is 1. The number of fused-ring (bicyclic) bond motifs is 1. The number of nitrogens with zero attached hydrogens (tertiary/aromatic N) is 3. The predicted molar refractivity (Wildman–Crippen MR) is 83.6 cm³/mol. The number of aromatic amines is 1. The van der Waals surface area contributed by atoms with Crippen molar-refractivity contribution in [3.63, 3.8) is 0 Å². The number of hydrogen-bond donors (Lipinski definition) is 2. The van der Waals surface area contributed by atoms with Gasteiger partial charge in [-0.25, -0.2) is 4.79 Å². The zero-order chi connectivity index (χ0) is 16.0. The number of nitrogens with two attached hydrogens (primary N) is 1. The van der Waals surface area contributed by atoms with Crippen molar-refractivity contribution in [1.82, 2.24) is 20.0 Å². The van der Waals surface area contributed by atoms with E-state index in [0.717, 1.165) is 18.5 Å². The van der Waals surface area contributed by atoms with Crippen LogP contribution in [0, 0.1) is 0 Å². The number of carbonyl (C=O) groups is 2. The quantitative estimate of drug-likeness (QED) is 0.855. The monoisotopic (exact) mass is 317 g/mol. The van der Waals surface area contributed by atoms with Gasteiger partial charge in [-0.1, -0.05) is 6.42 Å². The smallest absolute Gasteiger partial charge is 0.315 e. The molecule has 1 aliphatic carbocycles. The molecule has 1 saturated carbocycles. The first-order chi connectivity index (χ1) is 11.1. The molecule has 7 heteroatoms. The van der Waals surface area contributed by atoms with Gasteiger partial charge in [-0.3, -0.25) is 9.89 Å². The highest BCUT2D eigenvalue weighted by Gasteiger charge is 2.38. The Labute approximate surface area is 135 Å². The SMILES string of the molecule is NC(=O)N1CCCC1C(=O)N1CCc2[nH]nc(C3CCC3)c2C1. The molecule has 0 aromatic carbocycles. The standard InChI is InChI=1S/C16H23N5O2/c17-16(23)21-7-2-5-13(21)15(22)20-8-6-12-11(9-20)14(19-18-12)10-3-1-4-10/h10,13H,1-9H2,(H2,17,23)(H,18,19). The second kappa shape index (κ2) is 5.54. The molecule has 0 radical (unpaired) electrons. The number of carbonyl (C=O) groups excluding carboxylic acids is 2. The lowest BCUT2D eigenvalue weighted by atomic mass is 9.80. The van der Waals surface area contributed by atoms with Gasteiger partial charge in [-0.05, 0) is 25.7 Å². The Morgan fingerprint density at radius 3 is 2.70 bits per heavy atom. The average Bonchev–Trinajstić information content (AvgIpc) is 3.11. The van der Waals surface area contributed by atoms with Gasteiger partial charge in [0.15, 0.2) is 0 Å². The van der Waals surface area contributed by atoms with E-state index in [4.69, 9.17) is 5.73 Å². The van der Waals surface area contributed by atoms with E-state index in [2.05, 4.69) is 10.2 Å². The summed E-state index contributed by atoms with van der Waals surface area (Å²) in [6.45, 7) is 1.88. The van der Waals surface area contributed by atoms with Crippen LogP contribution in [-0.2, 0) is 17.8 Å². The fraction of sp³-hybridized carbons (Fsp3) is 0.688. The zero-order valence-corrected chi connectivity index (χ0v) is 13.3. The lowest BCUT2D eigenvalue weighted by Gasteiger charge is -2.33. The van der Waals surface area contributed by atoms with Crippen molar-refractivity contribution in [2.45, 2.75) is 57.0 Å². The maximum absolute atomic E-state index is 12.9. The minimum atomic E-state index is -0.489. The molecule has 1 unspecified atom stereocenters. The van der Waals surface area contributed by atoms with E-state index >= 15 is 0 Å². The maximum atomic E-state index is 12.9. The van der Waals surface area contributed by atoms with E-state index in [0.29, 0.717) is 32.0 Å². The fourth-order valence-electron chi connectivity index (χ4n) is 4.02. The molecule has 124 valence electrons. The molecular weight excluding hydrogens is 294 g/mol. The van der Waals surface area contributed by atoms with E-state index in [1.54, 1.807) is 0 Å². The number of H-pyrrole nitrogens is 1. The summed E-state index contributed by atoms with van der Waals surface area (Å²) < 4.78 is 0. The van der Waals surface area contributed by atoms with Gasteiger partial charge in [0, 0.05) is 43.2 Å². The van der Waals surface area contributed by atoms with Crippen molar-refractivity contribution < 1.29 is 9.59 Å². The number of hydrogen-bond acceptors (Lipinski definition) is 3. The van der Waals surface area contributed by atoms with Crippen LogP contribution < -0.4 is 5.73 Å². The average molecular weight is 317 g/mol. The molecule has 4 rings (SSSR count). The molecule has 23 heavy (non-hydrogen) atoms. The van der Waals surface area contributed by atoms with Crippen molar-refractivity contribution in [2.75, 3.05) is 13.1 Å². The third-order valence-electron chi connectivity index (χ3n) is 5.59. The predicted octanol–water partition coefficient (Wildman–Crippen LogP) is 1.10. The maximum Gasteiger partial charge on any atom is 0.315 e. The number of amides is 3. The molecule has 3 aliphatic rings. The van der Waals surface area contributed by atoms with E-state index in [-0.39, 0.29) is 11.9 Å². The number of aromatic nitrogens is 2. The first kappa shape index (κ1) is 14.5. The summed E-state index contributed by atoms with van der Waals surface area (Å²) in [5.41, 5.74) is 8.94. The highest BCUT2D eigenvalue weighted by Crippen LogP contribution is 2.39. The Kier molecular flexibility index (Phi) is 3.50. The Morgan fingerprint density at radius 1 is 1.17 bits per heavy atom. The molecule has 0 spiro atoms. The van der Waals surface area contributed by atoms with Gasteiger partial charge in [0.25, 0.3) is 0 Å². The highest BCUT2D eigenvalue weighted by atomic mass is 16.2. The molecule has 1 saturated heterocycles. The molecule has 3 heterocycles. The molecule has 1 atom stereocenters. The van der Waals surface area contributed by atoms with Crippen LogP contribution in [0.4, 0.5) is 4.79 Å². The van der Waals surface area contributed by atoms with Gasteiger partial charge in [-0.15, -0.1) is 0 Å². The lowest BCUT2D eigenvalue weighted by molar-refractivity contribution is -0.136. The summed E-state index contributed by atoms with van der Waals surface area (Å²) in [4.78, 5) is 27.8. The largest absolute Gasteiger partial charge is 0.351 e. The van der Waals surface area contributed by atoms with E-state index in [1.807, 2.05) is 4.90 Å². The van der Waals surface area contributed by atoms with Gasteiger partial charge in [0.1, 0.15) is 6.04 Å². The van der Waals surface area contributed by atoms with E-state index in [9.17, 15) is 9.59 Å². The molecule has 1 aromatic rings. The van der Waals surface area contributed by atoms with Gasteiger partial charge in [0.2, 0.25) is 5.91 Å². The molecule has 7 nitrogen and oxygen atoms in total. The van der Waals surface area contributed by atoms with Crippen molar-refractivity contribution in [1.29, 1.82) is 0 Å². The van der Waals surface area contributed by atoms with Crippen LogP contribution in [0.15, 0.2) is 0 Å². The second-order valence-electron chi connectivity index (χ2n) is 6.89. The summed E-state index contributed by atoms with van der Waals surface area (Å²) in [5.74, 6) is 0.589. The van der Waals surface area contributed by atoms with Crippen LogP contribution in [0.5, 0.6) is 0 Å². The van der Waals surface area contributed by atoms with Crippen LogP contribution in [0.3, 0.4) is 0 Å². The van der Waals surface area contributed by atoms with Crippen molar-refractivity contribution in [3.05, 3.63) is 17.0 Å². The molecular formula is C16H23N5O2. The van der Waals surface area contributed by atoms with Crippen LogP contribution in [0.2, 0.25) is 0 Å². The van der Waals surface area contributed by atoms with Crippen LogP contribution in [-0.4, -0.2) is 51.1 Å². The van der Waals surface area contributed by atoms with Crippen molar-refractivity contribution >= 4 is 11.9 Å². The highest BCUT2D eigenvalue weighted by molar-refractivity contribution is 5.87. The summed E-state index contributed by atoms with van der Waals surface area (Å²) >= 11 is 0. The summed E-state index contributed by atoms with van der Waals surface area (Å²) in [6.07, 6.45) is 6.03. The number of primary amides is 1. The van der Waals surface area contributed by atoms with E-state index < -0.39 is 6.03 Å².